The Kier molecular flexibility index (Phi) is 3.90. The monoisotopic (exact) mass is 267 g/mol. The second kappa shape index (κ2) is 5.61. The first-order valence-corrected chi connectivity index (χ1v) is 6.01. The van der Waals surface area contributed by atoms with E-state index in [1.54, 1.807) is 12.1 Å². The van der Waals surface area contributed by atoms with Crippen LogP contribution in [0, 0.1) is 10.1 Å². The molecule has 1 aromatic carbocycles. The van der Waals surface area contributed by atoms with Crippen LogP contribution in [-0.2, 0) is 0 Å². The molecule has 0 saturated carbocycles. The fourth-order valence-electron chi connectivity index (χ4n) is 1.27. The van der Waals surface area contributed by atoms with Gasteiger partial charge in [0.1, 0.15) is 0 Å². The summed E-state index contributed by atoms with van der Waals surface area (Å²) in [7, 11) is 0. The molecule has 2 aromatic rings. The molecule has 8 heteroatoms. The summed E-state index contributed by atoms with van der Waals surface area (Å²) in [5, 5.41) is 27.2. The van der Waals surface area contributed by atoms with Gasteiger partial charge >= 0.3 is 0 Å². The summed E-state index contributed by atoms with van der Waals surface area (Å²) in [5.74, 6) is 0.676. The maximum absolute atomic E-state index is 10.6. The number of rotatable bonds is 5. The standard InChI is InChI=1S/C10H9N3O4S/c14-4-5-18-10-12-11-9(17-10)7-2-1-3-8(6-7)13(15)16/h1-3,6,14H,4-5H2. The maximum Gasteiger partial charge on any atom is 0.276 e. The van der Waals surface area contributed by atoms with Crippen molar-refractivity contribution in [3.63, 3.8) is 0 Å². The highest BCUT2D eigenvalue weighted by Crippen LogP contribution is 2.25. The van der Waals surface area contributed by atoms with Crippen molar-refractivity contribution in [2.24, 2.45) is 0 Å². The lowest BCUT2D eigenvalue weighted by atomic mass is 10.2. The molecular weight excluding hydrogens is 258 g/mol. The summed E-state index contributed by atoms with van der Waals surface area (Å²) in [6.45, 7) is 0.0131. The van der Waals surface area contributed by atoms with Crippen molar-refractivity contribution in [2.45, 2.75) is 5.22 Å². The van der Waals surface area contributed by atoms with E-state index in [9.17, 15) is 10.1 Å². The van der Waals surface area contributed by atoms with Crippen LogP contribution >= 0.6 is 11.8 Å². The van der Waals surface area contributed by atoms with Gasteiger partial charge in [0.05, 0.1) is 11.5 Å². The molecule has 0 bridgehead atoms. The molecule has 1 N–H and O–H groups in total. The van der Waals surface area contributed by atoms with Crippen LogP contribution in [0.1, 0.15) is 0 Å². The molecule has 0 amide bonds. The van der Waals surface area contributed by atoms with Gasteiger partial charge in [0.15, 0.2) is 0 Å². The average molecular weight is 267 g/mol. The van der Waals surface area contributed by atoms with Crippen LogP contribution in [0.15, 0.2) is 33.9 Å². The Balaban J connectivity index is 2.23. The third-order valence-corrected chi connectivity index (χ3v) is 2.83. The van der Waals surface area contributed by atoms with Crippen molar-refractivity contribution < 1.29 is 14.4 Å². The van der Waals surface area contributed by atoms with Crippen molar-refractivity contribution in [3.8, 4) is 11.5 Å². The highest BCUT2D eigenvalue weighted by Gasteiger charge is 2.12. The maximum atomic E-state index is 10.6. The number of nitro benzene ring substituents is 1. The van der Waals surface area contributed by atoms with Gasteiger partial charge < -0.3 is 9.52 Å². The topological polar surface area (TPSA) is 102 Å². The summed E-state index contributed by atoms with van der Waals surface area (Å²) in [6.07, 6.45) is 0. The SMILES string of the molecule is O=[N+]([O-])c1cccc(-c2nnc(SCCO)o2)c1. The van der Waals surface area contributed by atoms with Gasteiger partial charge in [0, 0.05) is 23.4 Å². The van der Waals surface area contributed by atoms with Gasteiger partial charge in [0.2, 0.25) is 5.89 Å². The Morgan fingerprint density at radius 3 is 3.00 bits per heavy atom. The molecule has 1 heterocycles. The number of non-ortho nitro benzene ring substituents is 1. The second-order valence-corrected chi connectivity index (χ2v) is 4.30. The summed E-state index contributed by atoms with van der Waals surface area (Å²) in [6, 6.07) is 5.97. The molecule has 0 aliphatic rings. The molecular formula is C10H9N3O4S. The first kappa shape index (κ1) is 12.5. The van der Waals surface area contributed by atoms with Crippen LogP contribution in [0.3, 0.4) is 0 Å². The van der Waals surface area contributed by atoms with E-state index in [1.807, 2.05) is 0 Å². The van der Waals surface area contributed by atoms with E-state index in [1.165, 1.54) is 23.9 Å². The van der Waals surface area contributed by atoms with Gasteiger partial charge in [-0.3, -0.25) is 10.1 Å². The fourth-order valence-corrected chi connectivity index (χ4v) is 1.77. The molecule has 0 unspecified atom stereocenters. The number of benzene rings is 1. The third kappa shape index (κ3) is 2.84. The summed E-state index contributed by atoms with van der Waals surface area (Å²) >= 11 is 1.22. The van der Waals surface area contributed by atoms with Gasteiger partial charge in [-0.15, -0.1) is 10.2 Å². The molecule has 94 valence electrons. The average Bonchev–Trinajstić information content (AvgIpc) is 2.85. The van der Waals surface area contributed by atoms with Crippen LogP contribution in [-0.4, -0.2) is 32.6 Å². The first-order valence-electron chi connectivity index (χ1n) is 5.02. The van der Waals surface area contributed by atoms with E-state index in [0.717, 1.165) is 0 Å². The van der Waals surface area contributed by atoms with E-state index >= 15 is 0 Å². The van der Waals surface area contributed by atoms with Crippen molar-refractivity contribution in [1.82, 2.24) is 10.2 Å². The molecule has 0 aliphatic heterocycles. The quantitative estimate of drug-likeness (QED) is 0.500. The Hall–Kier alpha value is -1.93. The minimum atomic E-state index is -0.485. The highest BCUT2D eigenvalue weighted by molar-refractivity contribution is 7.99. The van der Waals surface area contributed by atoms with Crippen molar-refractivity contribution in [1.29, 1.82) is 0 Å². The predicted octanol–water partition coefficient (Wildman–Crippen LogP) is 1.73. The van der Waals surface area contributed by atoms with Crippen LogP contribution in [0.5, 0.6) is 0 Å². The zero-order valence-electron chi connectivity index (χ0n) is 9.15. The summed E-state index contributed by atoms with van der Waals surface area (Å²) in [4.78, 5) is 10.2. The molecule has 0 spiro atoms. The van der Waals surface area contributed by atoms with Gasteiger partial charge in [-0.2, -0.15) is 0 Å². The number of nitrogens with zero attached hydrogens (tertiary/aromatic N) is 3. The van der Waals surface area contributed by atoms with Crippen LogP contribution < -0.4 is 0 Å². The molecule has 2 rings (SSSR count). The van der Waals surface area contributed by atoms with Gasteiger partial charge in [0.25, 0.3) is 10.9 Å². The molecule has 7 nitrogen and oxygen atoms in total. The number of nitro groups is 1. The molecule has 1 aromatic heterocycles. The van der Waals surface area contributed by atoms with E-state index in [2.05, 4.69) is 10.2 Å². The largest absolute Gasteiger partial charge is 0.411 e. The minimum Gasteiger partial charge on any atom is -0.411 e. The molecule has 0 aliphatic carbocycles. The van der Waals surface area contributed by atoms with Gasteiger partial charge in [-0.05, 0) is 6.07 Å². The predicted molar refractivity (Wildman–Crippen MR) is 64.2 cm³/mol. The number of aliphatic hydroxyl groups excluding tert-OH is 1. The Morgan fingerprint density at radius 2 is 2.28 bits per heavy atom. The van der Waals surface area contributed by atoms with Crippen molar-refractivity contribution in [2.75, 3.05) is 12.4 Å². The molecule has 0 fully saturated rings. The fraction of sp³-hybridized carbons (Fsp3) is 0.200. The second-order valence-electron chi connectivity index (χ2n) is 3.25. The molecule has 0 atom stereocenters. The number of hydrogen-bond donors (Lipinski definition) is 1. The Bertz CT molecular complexity index is 558. The lowest BCUT2D eigenvalue weighted by Crippen LogP contribution is -1.88. The van der Waals surface area contributed by atoms with Gasteiger partial charge in [-0.1, -0.05) is 17.8 Å². The highest BCUT2D eigenvalue weighted by atomic mass is 32.2. The van der Waals surface area contributed by atoms with E-state index in [0.29, 0.717) is 16.5 Å². The number of aromatic nitrogens is 2. The molecule has 0 radical (unpaired) electrons. The molecule has 0 saturated heterocycles. The Morgan fingerprint density at radius 1 is 1.44 bits per heavy atom. The lowest BCUT2D eigenvalue weighted by molar-refractivity contribution is -0.384. The summed E-state index contributed by atoms with van der Waals surface area (Å²) < 4.78 is 5.31. The van der Waals surface area contributed by atoms with Crippen molar-refractivity contribution >= 4 is 17.4 Å². The van der Waals surface area contributed by atoms with Crippen LogP contribution in [0.2, 0.25) is 0 Å². The van der Waals surface area contributed by atoms with E-state index in [-0.39, 0.29) is 18.2 Å². The minimum absolute atomic E-state index is 0.0131. The zero-order chi connectivity index (χ0) is 13.0. The normalized spacial score (nSPS) is 10.5. The number of thioether (sulfide) groups is 1. The van der Waals surface area contributed by atoms with E-state index in [4.69, 9.17) is 9.52 Å². The number of hydrogen-bond acceptors (Lipinski definition) is 7. The number of aliphatic hydroxyl groups is 1. The zero-order valence-corrected chi connectivity index (χ0v) is 9.96. The first-order chi connectivity index (χ1) is 8.70. The van der Waals surface area contributed by atoms with Crippen LogP contribution in [0.4, 0.5) is 5.69 Å². The van der Waals surface area contributed by atoms with Gasteiger partial charge in [-0.25, -0.2) is 0 Å². The van der Waals surface area contributed by atoms with E-state index < -0.39 is 4.92 Å². The summed E-state index contributed by atoms with van der Waals surface area (Å²) in [5.41, 5.74) is 0.461. The smallest absolute Gasteiger partial charge is 0.276 e. The Labute approximate surface area is 106 Å². The lowest BCUT2D eigenvalue weighted by Gasteiger charge is -1.94. The van der Waals surface area contributed by atoms with Crippen LogP contribution in [0.25, 0.3) is 11.5 Å². The van der Waals surface area contributed by atoms with Crippen molar-refractivity contribution in [3.05, 3.63) is 34.4 Å². The third-order valence-electron chi connectivity index (χ3n) is 2.03. The molecule has 18 heavy (non-hydrogen) atoms.